The summed E-state index contributed by atoms with van der Waals surface area (Å²) in [6.07, 6.45) is 11.0. The maximum Gasteiger partial charge on any atom is 0.302 e. The number of fused-ring (bicyclic) bond motifs is 5. The fourth-order valence-electron chi connectivity index (χ4n) is 8.30. The van der Waals surface area contributed by atoms with Crippen LogP contribution in [-0.2, 0) is 19.0 Å². The molecule has 1 spiro atoms. The topological polar surface area (TPSA) is 44.8 Å². The van der Waals surface area contributed by atoms with Gasteiger partial charge in [-0.05, 0) is 74.0 Å². The number of rotatable bonds is 1. The van der Waals surface area contributed by atoms with Crippen molar-refractivity contribution in [3.05, 3.63) is 0 Å². The quantitative estimate of drug-likeness (QED) is 0.622. The third-order valence-corrected chi connectivity index (χ3v) is 9.70. The molecule has 0 aromatic carbocycles. The van der Waals surface area contributed by atoms with Gasteiger partial charge >= 0.3 is 5.97 Å². The zero-order valence-corrected chi connectivity index (χ0v) is 17.3. The van der Waals surface area contributed by atoms with Gasteiger partial charge in [0, 0.05) is 25.2 Å². The van der Waals surface area contributed by atoms with Crippen LogP contribution in [0.15, 0.2) is 0 Å². The van der Waals surface area contributed by atoms with Gasteiger partial charge in [0.15, 0.2) is 5.79 Å². The van der Waals surface area contributed by atoms with Crippen LogP contribution >= 0.6 is 0 Å². The normalized spacial score (nSPS) is 50.7. The van der Waals surface area contributed by atoms with Crippen LogP contribution in [0.1, 0.15) is 78.6 Å². The summed E-state index contributed by atoms with van der Waals surface area (Å²) in [5.41, 5.74) is 0.633. The standard InChI is InChI=1S/C23H36O4/c1-15(24)27-20-7-6-18-17-5-4-16-14-23(25-12-13-26-23)11-10-21(16,2)19(17)8-9-22(18,20)3/h16-20H,4-14H2,1-3H3/t16-,17+,18+,19+,20-,21-,22-/m0/s1. The summed E-state index contributed by atoms with van der Waals surface area (Å²) < 4.78 is 17.9. The average Bonchev–Trinajstić information content (AvgIpc) is 3.21. The monoisotopic (exact) mass is 376 g/mol. The van der Waals surface area contributed by atoms with Crippen molar-refractivity contribution >= 4 is 5.97 Å². The first kappa shape index (κ1) is 18.4. The molecule has 0 aromatic rings. The van der Waals surface area contributed by atoms with Crippen molar-refractivity contribution in [2.75, 3.05) is 13.2 Å². The number of carbonyl (C=O) groups is 1. The third-order valence-electron chi connectivity index (χ3n) is 9.70. The zero-order chi connectivity index (χ0) is 18.9. The van der Waals surface area contributed by atoms with E-state index < -0.39 is 0 Å². The first-order chi connectivity index (χ1) is 12.9. The first-order valence-electron chi connectivity index (χ1n) is 11.3. The van der Waals surface area contributed by atoms with Gasteiger partial charge in [-0.25, -0.2) is 0 Å². The second-order valence-electron chi connectivity index (χ2n) is 10.7. The lowest BCUT2D eigenvalue weighted by Gasteiger charge is -2.61. The summed E-state index contributed by atoms with van der Waals surface area (Å²) >= 11 is 0. The molecule has 0 unspecified atom stereocenters. The van der Waals surface area contributed by atoms with Crippen LogP contribution in [0.25, 0.3) is 0 Å². The van der Waals surface area contributed by atoms with Gasteiger partial charge in [0.2, 0.25) is 0 Å². The molecule has 0 N–H and O–H groups in total. The lowest BCUT2D eigenvalue weighted by molar-refractivity contribution is -0.230. The summed E-state index contributed by atoms with van der Waals surface area (Å²) in [5.74, 6) is 2.74. The minimum Gasteiger partial charge on any atom is -0.462 e. The van der Waals surface area contributed by atoms with Gasteiger partial charge in [-0.1, -0.05) is 13.8 Å². The second kappa shape index (κ2) is 6.19. The minimum absolute atomic E-state index is 0.103. The molecular formula is C23H36O4. The van der Waals surface area contributed by atoms with Gasteiger partial charge in [-0.15, -0.1) is 0 Å². The Hall–Kier alpha value is -0.610. The summed E-state index contributed by atoms with van der Waals surface area (Å²) in [6.45, 7) is 8.11. The van der Waals surface area contributed by atoms with E-state index in [2.05, 4.69) is 13.8 Å². The first-order valence-corrected chi connectivity index (χ1v) is 11.3. The highest BCUT2D eigenvalue weighted by atomic mass is 16.7. The summed E-state index contributed by atoms with van der Waals surface area (Å²) in [6, 6.07) is 0. The molecule has 5 aliphatic rings. The van der Waals surface area contributed by atoms with E-state index in [0.717, 1.165) is 56.1 Å². The second-order valence-corrected chi connectivity index (χ2v) is 10.7. The van der Waals surface area contributed by atoms with Crippen LogP contribution < -0.4 is 0 Å². The number of ether oxygens (including phenoxy) is 3. The van der Waals surface area contributed by atoms with Crippen molar-refractivity contribution < 1.29 is 19.0 Å². The molecule has 4 heteroatoms. The van der Waals surface area contributed by atoms with E-state index in [1.807, 2.05) is 0 Å². The van der Waals surface area contributed by atoms with Crippen LogP contribution in [0, 0.1) is 34.5 Å². The molecule has 27 heavy (non-hydrogen) atoms. The van der Waals surface area contributed by atoms with E-state index >= 15 is 0 Å². The molecule has 7 atom stereocenters. The maximum absolute atomic E-state index is 11.6. The van der Waals surface area contributed by atoms with Gasteiger partial charge in [-0.2, -0.15) is 0 Å². The Kier molecular flexibility index (Phi) is 4.22. The molecule has 0 aromatic heterocycles. The Morgan fingerprint density at radius 3 is 2.37 bits per heavy atom. The van der Waals surface area contributed by atoms with E-state index in [-0.39, 0.29) is 23.3 Å². The van der Waals surface area contributed by atoms with Crippen LogP contribution in [0.4, 0.5) is 0 Å². The molecule has 0 radical (unpaired) electrons. The molecule has 0 bridgehead atoms. The fraction of sp³-hybridized carbons (Fsp3) is 0.957. The Morgan fingerprint density at radius 2 is 1.63 bits per heavy atom. The highest BCUT2D eigenvalue weighted by Crippen LogP contribution is 2.67. The van der Waals surface area contributed by atoms with Crippen LogP contribution in [0.2, 0.25) is 0 Å². The maximum atomic E-state index is 11.6. The number of esters is 1. The van der Waals surface area contributed by atoms with Crippen molar-refractivity contribution in [1.82, 2.24) is 0 Å². The van der Waals surface area contributed by atoms with Crippen LogP contribution in [0.3, 0.4) is 0 Å². The van der Waals surface area contributed by atoms with E-state index in [1.54, 1.807) is 6.92 Å². The molecule has 4 aliphatic carbocycles. The molecular weight excluding hydrogens is 340 g/mol. The van der Waals surface area contributed by atoms with Gasteiger partial charge < -0.3 is 14.2 Å². The Labute approximate surface area is 163 Å². The molecule has 1 aliphatic heterocycles. The summed E-state index contributed by atoms with van der Waals surface area (Å²) in [5, 5.41) is 0. The summed E-state index contributed by atoms with van der Waals surface area (Å²) in [4.78, 5) is 11.6. The average molecular weight is 377 g/mol. The number of hydrogen-bond donors (Lipinski definition) is 0. The predicted octanol–water partition coefficient (Wildman–Crippen LogP) is 4.70. The number of hydrogen-bond acceptors (Lipinski definition) is 4. The molecule has 1 saturated heterocycles. The largest absolute Gasteiger partial charge is 0.462 e. The number of carbonyl (C=O) groups excluding carboxylic acids is 1. The molecule has 1 heterocycles. The molecule has 152 valence electrons. The Balaban J connectivity index is 1.37. The highest BCUT2D eigenvalue weighted by Gasteiger charge is 2.62. The van der Waals surface area contributed by atoms with Gasteiger partial charge in [0.1, 0.15) is 6.10 Å². The highest BCUT2D eigenvalue weighted by molar-refractivity contribution is 5.66. The fourth-order valence-corrected chi connectivity index (χ4v) is 8.30. The molecule has 5 rings (SSSR count). The van der Waals surface area contributed by atoms with Crippen LogP contribution in [0.5, 0.6) is 0 Å². The smallest absolute Gasteiger partial charge is 0.302 e. The van der Waals surface area contributed by atoms with Gasteiger partial charge in [0.25, 0.3) is 0 Å². The van der Waals surface area contributed by atoms with Crippen molar-refractivity contribution in [2.45, 2.75) is 90.4 Å². The molecule has 4 nitrogen and oxygen atoms in total. The summed E-state index contributed by atoms with van der Waals surface area (Å²) in [7, 11) is 0. The molecule has 5 fully saturated rings. The SMILES string of the molecule is CC(=O)O[C@H]1CC[C@@H]2[C@H]3CC[C@H]4CC5(CC[C@]4(C)[C@@H]3CC[C@]12C)OCCO5. The third kappa shape index (κ3) is 2.65. The van der Waals surface area contributed by atoms with E-state index in [0.29, 0.717) is 5.41 Å². The molecule has 0 amide bonds. The zero-order valence-electron chi connectivity index (χ0n) is 17.3. The Bertz CT molecular complexity index is 611. The van der Waals surface area contributed by atoms with Crippen molar-refractivity contribution in [3.63, 3.8) is 0 Å². The van der Waals surface area contributed by atoms with E-state index in [4.69, 9.17) is 14.2 Å². The van der Waals surface area contributed by atoms with E-state index in [9.17, 15) is 4.79 Å². The van der Waals surface area contributed by atoms with Gasteiger partial charge in [0.05, 0.1) is 13.2 Å². The van der Waals surface area contributed by atoms with Crippen molar-refractivity contribution in [1.29, 1.82) is 0 Å². The van der Waals surface area contributed by atoms with Crippen LogP contribution in [-0.4, -0.2) is 31.1 Å². The predicted molar refractivity (Wildman–Crippen MR) is 102 cm³/mol. The lowest BCUT2D eigenvalue weighted by Crippen LogP contribution is -2.56. The van der Waals surface area contributed by atoms with Crippen molar-refractivity contribution in [3.8, 4) is 0 Å². The van der Waals surface area contributed by atoms with E-state index in [1.165, 1.54) is 38.5 Å². The lowest BCUT2D eigenvalue weighted by atomic mass is 9.45. The van der Waals surface area contributed by atoms with Gasteiger partial charge in [-0.3, -0.25) is 4.79 Å². The molecule has 4 saturated carbocycles. The van der Waals surface area contributed by atoms with Crippen molar-refractivity contribution in [2.24, 2.45) is 34.5 Å². The Morgan fingerprint density at radius 1 is 0.889 bits per heavy atom. The minimum atomic E-state index is -0.256.